The Labute approximate surface area is 103 Å². The third kappa shape index (κ3) is 2.22. The van der Waals surface area contributed by atoms with Crippen molar-refractivity contribution in [1.82, 2.24) is 9.97 Å². The maximum atomic E-state index is 4.24. The summed E-state index contributed by atoms with van der Waals surface area (Å²) in [6.07, 6.45) is 3.29. The number of hydrogen-bond donors (Lipinski definition) is 0. The zero-order chi connectivity index (χ0) is 11.5. The first-order valence-electron chi connectivity index (χ1n) is 4.94. The van der Waals surface area contributed by atoms with Crippen molar-refractivity contribution in [1.29, 1.82) is 0 Å². The fourth-order valence-corrected chi connectivity index (χ4v) is 1.93. The first-order chi connectivity index (χ1) is 7.68. The summed E-state index contributed by atoms with van der Waals surface area (Å²) in [6, 6.07) is 8.32. The molecule has 0 bridgehead atoms. The number of nitrogens with zero attached hydrogens (tertiary/aromatic N) is 3. The van der Waals surface area contributed by atoms with Crippen molar-refractivity contribution in [2.45, 2.75) is 6.92 Å². The van der Waals surface area contributed by atoms with E-state index in [4.69, 9.17) is 0 Å². The lowest BCUT2D eigenvalue weighted by Crippen LogP contribution is -2.11. The fourth-order valence-electron chi connectivity index (χ4n) is 1.44. The van der Waals surface area contributed by atoms with Crippen molar-refractivity contribution in [3.63, 3.8) is 0 Å². The molecule has 4 heteroatoms. The third-order valence-electron chi connectivity index (χ3n) is 2.39. The molecule has 82 valence electrons. The van der Waals surface area contributed by atoms with Gasteiger partial charge in [-0.3, -0.25) is 0 Å². The Hall–Kier alpha value is -1.42. The first-order valence-corrected chi connectivity index (χ1v) is 5.73. The summed E-state index contributed by atoms with van der Waals surface area (Å²) in [6.45, 7) is 2.07. The SMILES string of the molecule is Cc1ccc(N(C)c2ncncc2Br)cc1. The monoisotopic (exact) mass is 277 g/mol. The highest BCUT2D eigenvalue weighted by Crippen LogP contribution is 2.27. The Morgan fingerprint density at radius 1 is 1.19 bits per heavy atom. The van der Waals surface area contributed by atoms with Gasteiger partial charge in [0.15, 0.2) is 5.82 Å². The van der Waals surface area contributed by atoms with Crippen LogP contribution in [0, 0.1) is 6.92 Å². The Bertz CT molecular complexity index is 482. The van der Waals surface area contributed by atoms with E-state index in [2.05, 4.69) is 57.1 Å². The topological polar surface area (TPSA) is 29.0 Å². The lowest BCUT2D eigenvalue weighted by molar-refractivity contribution is 1.07. The van der Waals surface area contributed by atoms with Crippen molar-refractivity contribution < 1.29 is 0 Å². The molecule has 2 aromatic rings. The van der Waals surface area contributed by atoms with Crippen molar-refractivity contribution in [2.24, 2.45) is 0 Å². The molecule has 0 radical (unpaired) electrons. The van der Waals surface area contributed by atoms with Crippen molar-refractivity contribution in [2.75, 3.05) is 11.9 Å². The van der Waals surface area contributed by atoms with Gasteiger partial charge in [-0.15, -0.1) is 0 Å². The molecule has 1 aromatic heterocycles. The number of anilines is 2. The van der Waals surface area contributed by atoms with E-state index < -0.39 is 0 Å². The minimum absolute atomic E-state index is 0.860. The predicted octanol–water partition coefficient (Wildman–Crippen LogP) is 3.32. The van der Waals surface area contributed by atoms with E-state index >= 15 is 0 Å². The van der Waals surface area contributed by atoms with Gasteiger partial charge in [-0.05, 0) is 35.0 Å². The second-order valence-electron chi connectivity index (χ2n) is 3.59. The summed E-state index contributed by atoms with van der Waals surface area (Å²) in [5.74, 6) is 0.860. The molecule has 0 unspecified atom stereocenters. The number of rotatable bonds is 2. The van der Waals surface area contributed by atoms with Crippen molar-refractivity contribution >= 4 is 27.4 Å². The zero-order valence-corrected chi connectivity index (χ0v) is 10.8. The van der Waals surface area contributed by atoms with Crippen LogP contribution in [0.2, 0.25) is 0 Å². The second kappa shape index (κ2) is 4.61. The molecule has 0 N–H and O–H groups in total. The van der Waals surface area contributed by atoms with Crippen LogP contribution in [0.15, 0.2) is 41.3 Å². The van der Waals surface area contributed by atoms with Gasteiger partial charge in [0, 0.05) is 18.9 Å². The number of benzene rings is 1. The average molecular weight is 278 g/mol. The van der Waals surface area contributed by atoms with Gasteiger partial charge in [0.05, 0.1) is 4.47 Å². The molecule has 0 aliphatic carbocycles. The molecule has 3 nitrogen and oxygen atoms in total. The highest BCUT2D eigenvalue weighted by atomic mass is 79.9. The number of aromatic nitrogens is 2. The van der Waals surface area contributed by atoms with Gasteiger partial charge < -0.3 is 4.90 Å². The lowest BCUT2D eigenvalue weighted by atomic mass is 10.2. The molecule has 16 heavy (non-hydrogen) atoms. The van der Waals surface area contributed by atoms with Crippen LogP contribution in [0.25, 0.3) is 0 Å². The van der Waals surface area contributed by atoms with Gasteiger partial charge in [-0.2, -0.15) is 0 Å². The highest BCUT2D eigenvalue weighted by Gasteiger charge is 2.08. The van der Waals surface area contributed by atoms with Crippen LogP contribution in [-0.4, -0.2) is 17.0 Å². The molecule has 1 aromatic carbocycles. The summed E-state index contributed by atoms with van der Waals surface area (Å²) in [7, 11) is 1.98. The summed E-state index contributed by atoms with van der Waals surface area (Å²) < 4.78 is 0.887. The summed E-state index contributed by atoms with van der Waals surface area (Å²) in [4.78, 5) is 10.2. The Balaban J connectivity index is 2.35. The molecule has 0 spiro atoms. The van der Waals surface area contributed by atoms with Crippen LogP contribution >= 0.6 is 15.9 Å². The van der Waals surface area contributed by atoms with Crippen molar-refractivity contribution in [3.8, 4) is 0 Å². The largest absolute Gasteiger partial charge is 0.328 e. The van der Waals surface area contributed by atoms with E-state index in [0.29, 0.717) is 0 Å². The van der Waals surface area contributed by atoms with E-state index in [1.165, 1.54) is 5.56 Å². The Morgan fingerprint density at radius 2 is 1.88 bits per heavy atom. The van der Waals surface area contributed by atoms with Gasteiger partial charge in [0.25, 0.3) is 0 Å². The smallest absolute Gasteiger partial charge is 0.150 e. The first kappa shape index (κ1) is 11.1. The van der Waals surface area contributed by atoms with Crippen LogP contribution in [0.3, 0.4) is 0 Å². The van der Waals surface area contributed by atoms with E-state index in [1.54, 1.807) is 12.5 Å². The average Bonchev–Trinajstić information content (AvgIpc) is 2.30. The van der Waals surface area contributed by atoms with E-state index in [1.807, 2.05) is 11.9 Å². The number of aryl methyl sites for hydroxylation is 1. The highest BCUT2D eigenvalue weighted by molar-refractivity contribution is 9.10. The normalized spacial score (nSPS) is 10.2. The number of halogens is 1. The van der Waals surface area contributed by atoms with E-state index in [-0.39, 0.29) is 0 Å². The summed E-state index contributed by atoms with van der Waals surface area (Å²) in [5, 5.41) is 0. The molecule has 0 atom stereocenters. The minimum atomic E-state index is 0.860. The maximum Gasteiger partial charge on any atom is 0.150 e. The summed E-state index contributed by atoms with van der Waals surface area (Å²) in [5.41, 5.74) is 2.35. The molecule has 0 saturated carbocycles. The van der Waals surface area contributed by atoms with Crippen molar-refractivity contribution in [3.05, 3.63) is 46.8 Å². The predicted molar refractivity (Wildman–Crippen MR) is 69.0 cm³/mol. The molecule has 2 rings (SSSR count). The van der Waals surface area contributed by atoms with Gasteiger partial charge in [0.2, 0.25) is 0 Å². The van der Waals surface area contributed by atoms with Gasteiger partial charge in [-0.25, -0.2) is 9.97 Å². The van der Waals surface area contributed by atoms with Crippen LogP contribution in [0.5, 0.6) is 0 Å². The van der Waals surface area contributed by atoms with Gasteiger partial charge >= 0.3 is 0 Å². The van der Waals surface area contributed by atoms with E-state index in [0.717, 1.165) is 16.0 Å². The fraction of sp³-hybridized carbons (Fsp3) is 0.167. The van der Waals surface area contributed by atoms with Crippen LogP contribution in [0.4, 0.5) is 11.5 Å². The van der Waals surface area contributed by atoms with Gasteiger partial charge in [-0.1, -0.05) is 17.7 Å². The molecule has 0 saturated heterocycles. The standard InChI is InChI=1S/C12H12BrN3/c1-9-3-5-10(6-4-9)16(2)12-11(13)7-14-8-15-12/h3-8H,1-2H3. The van der Waals surface area contributed by atoms with E-state index in [9.17, 15) is 0 Å². The molecule has 0 aliphatic heterocycles. The molecule has 1 heterocycles. The van der Waals surface area contributed by atoms with Crippen LogP contribution in [-0.2, 0) is 0 Å². The third-order valence-corrected chi connectivity index (χ3v) is 2.95. The number of hydrogen-bond acceptors (Lipinski definition) is 3. The zero-order valence-electron chi connectivity index (χ0n) is 9.18. The van der Waals surface area contributed by atoms with Gasteiger partial charge in [0.1, 0.15) is 6.33 Å². The molecular formula is C12H12BrN3. The lowest BCUT2D eigenvalue weighted by Gasteiger charge is -2.19. The molecule has 0 fully saturated rings. The minimum Gasteiger partial charge on any atom is -0.328 e. The van der Waals surface area contributed by atoms with Crippen LogP contribution in [0.1, 0.15) is 5.56 Å². The molecular weight excluding hydrogens is 266 g/mol. The molecule has 0 amide bonds. The summed E-state index contributed by atoms with van der Waals surface area (Å²) >= 11 is 3.44. The Morgan fingerprint density at radius 3 is 2.50 bits per heavy atom. The maximum absolute atomic E-state index is 4.24. The van der Waals surface area contributed by atoms with Crippen LogP contribution < -0.4 is 4.90 Å². The quantitative estimate of drug-likeness (QED) is 0.843. The molecule has 0 aliphatic rings. The Kier molecular flexibility index (Phi) is 3.19. The second-order valence-corrected chi connectivity index (χ2v) is 4.44.